The molecule has 0 aliphatic rings. The number of fused-ring (bicyclic) bond motifs is 1. The van der Waals surface area contributed by atoms with Gasteiger partial charge in [0.15, 0.2) is 0 Å². The minimum absolute atomic E-state index is 0.332. The number of nitrogens with zero attached hydrogens (tertiary/aromatic N) is 1. The standard InChI is InChI=1S/C13H14N2O2/c1-8-6-9(13(16)17-3)7-11-10(8)4-5-15-12(11)14-2/h4-7H,1-3H3,(H,14,15). The van der Waals surface area contributed by atoms with Crippen molar-refractivity contribution in [2.45, 2.75) is 6.92 Å². The van der Waals surface area contributed by atoms with Gasteiger partial charge in [-0.15, -0.1) is 0 Å². The molecule has 0 aliphatic heterocycles. The van der Waals surface area contributed by atoms with Gasteiger partial charge in [-0.25, -0.2) is 9.78 Å². The van der Waals surface area contributed by atoms with E-state index in [2.05, 4.69) is 10.3 Å². The van der Waals surface area contributed by atoms with E-state index in [1.54, 1.807) is 12.3 Å². The van der Waals surface area contributed by atoms with Crippen molar-refractivity contribution in [2.24, 2.45) is 0 Å². The number of benzene rings is 1. The number of ether oxygens (including phenoxy) is 1. The van der Waals surface area contributed by atoms with Crippen LogP contribution in [0.4, 0.5) is 5.82 Å². The fourth-order valence-electron chi connectivity index (χ4n) is 1.91. The first kappa shape index (κ1) is 11.4. The fourth-order valence-corrected chi connectivity index (χ4v) is 1.91. The minimum Gasteiger partial charge on any atom is -0.465 e. The lowest BCUT2D eigenvalue weighted by atomic mass is 10.0. The molecule has 0 unspecified atom stereocenters. The highest BCUT2D eigenvalue weighted by Gasteiger charge is 2.10. The van der Waals surface area contributed by atoms with Crippen LogP contribution in [0.15, 0.2) is 24.4 Å². The quantitative estimate of drug-likeness (QED) is 0.805. The smallest absolute Gasteiger partial charge is 0.337 e. The predicted molar refractivity (Wildman–Crippen MR) is 67.4 cm³/mol. The van der Waals surface area contributed by atoms with Crippen molar-refractivity contribution >= 4 is 22.6 Å². The van der Waals surface area contributed by atoms with E-state index in [0.29, 0.717) is 5.56 Å². The zero-order valence-electron chi connectivity index (χ0n) is 10.1. The number of hydrogen-bond acceptors (Lipinski definition) is 4. The molecular weight excluding hydrogens is 216 g/mol. The van der Waals surface area contributed by atoms with Crippen molar-refractivity contribution in [3.63, 3.8) is 0 Å². The minimum atomic E-state index is -0.332. The Labute approximate surface area is 99.6 Å². The number of nitrogens with one attached hydrogen (secondary N) is 1. The highest BCUT2D eigenvalue weighted by atomic mass is 16.5. The Kier molecular flexibility index (Phi) is 2.95. The molecule has 1 aromatic carbocycles. The number of pyridine rings is 1. The zero-order valence-corrected chi connectivity index (χ0v) is 10.1. The summed E-state index contributed by atoms with van der Waals surface area (Å²) in [6.07, 6.45) is 1.75. The third-order valence-corrected chi connectivity index (χ3v) is 2.74. The number of rotatable bonds is 2. The van der Waals surface area contributed by atoms with E-state index in [-0.39, 0.29) is 5.97 Å². The van der Waals surface area contributed by atoms with E-state index >= 15 is 0 Å². The maximum Gasteiger partial charge on any atom is 0.337 e. The molecule has 4 heteroatoms. The highest BCUT2D eigenvalue weighted by molar-refractivity contribution is 6.00. The molecule has 0 saturated carbocycles. The molecule has 2 rings (SSSR count). The van der Waals surface area contributed by atoms with Crippen LogP contribution in [0.25, 0.3) is 10.8 Å². The largest absolute Gasteiger partial charge is 0.465 e. The van der Waals surface area contributed by atoms with Crippen LogP contribution in [-0.4, -0.2) is 25.1 Å². The predicted octanol–water partition coefficient (Wildman–Crippen LogP) is 2.37. The van der Waals surface area contributed by atoms with Gasteiger partial charge >= 0.3 is 5.97 Å². The van der Waals surface area contributed by atoms with E-state index in [0.717, 1.165) is 22.2 Å². The van der Waals surface area contributed by atoms with Crippen LogP contribution >= 0.6 is 0 Å². The van der Waals surface area contributed by atoms with E-state index < -0.39 is 0 Å². The van der Waals surface area contributed by atoms with Gasteiger partial charge in [0.1, 0.15) is 5.82 Å². The van der Waals surface area contributed by atoms with Crippen molar-refractivity contribution in [3.8, 4) is 0 Å². The second kappa shape index (κ2) is 4.41. The van der Waals surface area contributed by atoms with Gasteiger partial charge in [0.25, 0.3) is 0 Å². The van der Waals surface area contributed by atoms with Crippen LogP contribution in [0.5, 0.6) is 0 Å². The van der Waals surface area contributed by atoms with Crippen molar-refractivity contribution in [1.29, 1.82) is 0 Å². The van der Waals surface area contributed by atoms with E-state index in [1.807, 2.05) is 26.1 Å². The van der Waals surface area contributed by atoms with Crippen LogP contribution < -0.4 is 5.32 Å². The zero-order chi connectivity index (χ0) is 12.4. The highest BCUT2D eigenvalue weighted by Crippen LogP contribution is 2.25. The van der Waals surface area contributed by atoms with E-state index in [4.69, 9.17) is 4.74 Å². The maximum atomic E-state index is 11.5. The summed E-state index contributed by atoms with van der Waals surface area (Å²) in [5.41, 5.74) is 1.57. The number of esters is 1. The molecule has 0 amide bonds. The molecule has 1 heterocycles. The average Bonchev–Trinajstić information content (AvgIpc) is 2.37. The summed E-state index contributed by atoms with van der Waals surface area (Å²) in [4.78, 5) is 15.8. The molecule has 88 valence electrons. The first-order valence-corrected chi connectivity index (χ1v) is 5.33. The molecule has 4 nitrogen and oxygen atoms in total. The number of methoxy groups -OCH3 is 1. The van der Waals surface area contributed by atoms with Crippen molar-refractivity contribution in [3.05, 3.63) is 35.5 Å². The molecule has 0 fully saturated rings. The number of anilines is 1. The topological polar surface area (TPSA) is 51.2 Å². The third-order valence-electron chi connectivity index (χ3n) is 2.74. The molecule has 0 bridgehead atoms. The Morgan fingerprint density at radius 3 is 2.76 bits per heavy atom. The van der Waals surface area contributed by atoms with Crippen LogP contribution in [0.1, 0.15) is 15.9 Å². The number of aromatic nitrogens is 1. The van der Waals surface area contributed by atoms with Gasteiger partial charge < -0.3 is 10.1 Å². The van der Waals surface area contributed by atoms with Gasteiger partial charge in [0.2, 0.25) is 0 Å². The van der Waals surface area contributed by atoms with Gasteiger partial charge in [-0.2, -0.15) is 0 Å². The van der Waals surface area contributed by atoms with Crippen LogP contribution in [-0.2, 0) is 4.74 Å². The Morgan fingerprint density at radius 1 is 1.35 bits per heavy atom. The molecule has 0 saturated heterocycles. The molecular formula is C13H14N2O2. The maximum absolute atomic E-state index is 11.5. The first-order chi connectivity index (χ1) is 8.17. The Bertz CT molecular complexity index is 579. The van der Waals surface area contributed by atoms with E-state index in [9.17, 15) is 4.79 Å². The molecule has 1 N–H and O–H groups in total. The van der Waals surface area contributed by atoms with Crippen molar-refractivity contribution in [2.75, 3.05) is 19.5 Å². The van der Waals surface area contributed by atoms with Crippen LogP contribution in [0, 0.1) is 6.92 Å². The summed E-state index contributed by atoms with van der Waals surface area (Å²) in [6, 6.07) is 5.56. The van der Waals surface area contributed by atoms with Crippen LogP contribution in [0.3, 0.4) is 0 Å². The Hall–Kier alpha value is -2.10. The summed E-state index contributed by atoms with van der Waals surface area (Å²) < 4.78 is 4.73. The summed E-state index contributed by atoms with van der Waals surface area (Å²) in [5.74, 6) is 0.428. The van der Waals surface area contributed by atoms with Gasteiger partial charge in [0, 0.05) is 18.6 Å². The lowest BCUT2D eigenvalue weighted by Gasteiger charge is -2.09. The molecule has 0 atom stereocenters. The summed E-state index contributed by atoms with van der Waals surface area (Å²) in [7, 11) is 3.19. The average molecular weight is 230 g/mol. The third kappa shape index (κ3) is 1.93. The van der Waals surface area contributed by atoms with E-state index in [1.165, 1.54) is 7.11 Å². The van der Waals surface area contributed by atoms with Crippen LogP contribution in [0.2, 0.25) is 0 Å². The van der Waals surface area contributed by atoms with Gasteiger partial charge in [-0.3, -0.25) is 0 Å². The lowest BCUT2D eigenvalue weighted by molar-refractivity contribution is 0.0601. The Balaban J connectivity index is 2.74. The molecule has 1 aromatic heterocycles. The molecule has 0 aliphatic carbocycles. The van der Waals surface area contributed by atoms with Gasteiger partial charge in [-0.1, -0.05) is 0 Å². The summed E-state index contributed by atoms with van der Waals surface area (Å²) >= 11 is 0. The van der Waals surface area contributed by atoms with Gasteiger partial charge in [0.05, 0.1) is 12.7 Å². The second-order valence-electron chi connectivity index (χ2n) is 3.79. The number of aryl methyl sites for hydroxylation is 1. The van der Waals surface area contributed by atoms with Crippen molar-refractivity contribution < 1.29 is 9.53 Å². The Morgan fingerprint density at radius 2 is 2.12 bits per heavy atom. The van der Waals surface area contributed by atoms with Crippen molar-refractivity contribution in [1.82, 2.24) is 4.98 Å². The summed E-state index contributed by atoms with van der Waals surface area (Å²) in [5, 5.41) is 5.02. The monoisotopic (exact) mass is 230 g/mol. The molecule has 0 radical (unpaired) electrons. The number of hydrogen-bond donors (Lipinski definition) is 1. The number of carbonyl (C=O) groups excluding carboxylic acids is 1. The molecule has 0 spiro atoms. The fraction of sp³-hybridized carbons (Fsp3) is 0.231. The SMILES string of the molecule is CNc1nccc2c(C)cc(C(=O)OC)cc12. The number of carbonyl (C=O) groups is 1. The van der Waals surface area contributed by atoms with Gasteiger partial charge in [-0.05, 0) is 36.1 Å². The molecule has 17 heavy (non-hydrogen) atoms. The second-order valence-corrected chi connectivity index (χ2v) is 3.79. The summed E-state index contributed by atoms with van der Waals surface area (Å²) in [6.45, 7) is 1.97. The first-order valence-electron chi connectivity index (χ1n) is 5.33. The normalized spacial score (nSPS) is 10.3. The molecule has 2 aromatic rings. The lowest BCUT2D eigenvalue weighted by Crippen LogP contribution is -2.03.